The largest absolute Gasteiger partial charge is 0.336 e. The SMILES string of the molecule is N#Cc1cccn(CCn2ccnc2)c1=O. The smallest absolute Gasteiger partial charge is 0.268 e. The van der Waals surface area contributed by atoms with Crippen molar-refractivity contribution in [3.8, 4) is 6.07 Å². The quantitative estimate of drug-likeness (QED) is 0.752. The van der Waals surface area contributed by atoms with E-state index in [1.807, 2.05) is 16.8 Å². The molecule has 5 heteroatoms. The Labute approximate surface area is 92.2 Å². The van der Waals surface area contributed by atoms with Crippen molar-refractivity contribution in [1.82, 2.24) is 14.1 Å². The fourth-order valence-corrected chi connectivity index (χ4v) is 1.44. The molecule has 0 radical (unpaired) electrons. The van der Waals surface area contributed by atoms with E-state index in [-0.39, 0.29) is 11.1 Å². The van der Waals surface area contributed by atoms with Gasteiger partial charge in [0.15, 0.2) is 0 Å². The van der Waals surface area contributed by atoms with Gasteiger partial charge in [-0.05, 0) is 12.1 Å². The second kappa shape index (κ2) is 4.45. The Morgan fingerprint density at radius 1 is 1.38 bits per heavy atom. The molecule has 0 fully saturated rings. The monoisotopic (exact) mass is 214 g/mol. The molecule has 0 aromatic carbocycles. The zero-order valence-corrected chi connectivity index (χ0v) is 8.58. The number of nitrogens with zero attached hydrogens (tertiary/aromatic N) is 4. The third kappa shape index (κ3) is 2.01. The Kier molecular flexibility index (Phi) is 2.83. The van der Waals surface area contributed by atoms with Crippen LogP contribution in [0, 0.1) is 11.3 Å². The molecule has 0 atom stereocenters. The number of rotatable bonds is 3. The molecule has 80 valence electrons. The molecule has 0 aliphatic heterocycles. The minimum absolute atomic E-state index is 0.174. The van der Waals surface area contributed by atoms with Gasteiger partial charge in [-0.1, -0.05) is 0 Å². The van der Waals surface area contributed by atoms with Crippen LogP contribution in [0.1, 0.15) is 5.56 Å². The summed E-state index contributed by atoms with van der Waals surface area (Å²) < 4.78 is 3.41. The van der Waals surface area contributed by atoms with Gasteiger partial charge < -0.3 is 9.13 Å². The molecule has 0 saturated heterocycles. The molecular formula is C11H10N4O. The Morgan fingerprint density at radius 3 is 2.94 bits per heavy atom. The predicted octanol–water partition coefficient (Wildman–Crippen LogP) is 0.617. The highest BCUT2D eigenvalue weighted by molar-refractivity contribution is 5.24. The molecule has 0 unspecified atom stereocenters. The number of hydrogen-bond donors (Lipinski definition) is 0. The summed E-state index contributed by atoms with van der Waals surface area (Å²) >= 11 is 0. The summed E-state index contributed by atoms with van der Waals surface area (Å²) in [5.74, 6) is 0. The maximum atomic E-state index is 11.7. The summed E-state index contributed by atoms with van der Waals surface area (Å²) in [6, 6.07) is 5.10. The van der Waals surface area contributed by atoms with E-state index in [1.54, 1.807) is 24.8 Å². The average Bonchev–Trinajstić information content (AvgIpc) is 2.81. The summed E-state index contributed by atoms with van der Waals surface area (Å²) in [6.07, 6.45) is 6.90. The van der Waals surface area contributed by atoms with E-state index in [1.165, 1.54) is 10.6 Å². The molecule has 0 bridgehead atoms. The Balaban J connectivity index is 2.17. The Morgan fingerprint density at radius 2 is 2.25 bits per heavy atom. The first kappa shape index (κ1) is 10.2. The Bertz CT molecular complexity index is 562. The van der Waals surface area contributed by atoms with E-state index in [0.29, 0.717) is 13.1 Å². The van der Waals surface area contributed by atoms with Gasteiger partial charge in [-0.15, -0.1) is 0 Å². The van der Waals surface area contributed by atoms with Crippen molar-refractivity contribution in [1.29, 1.82) is 5.26 Å². The fourth-order valence-electron chi connectivity index (χ4n) is 1.44. The Hall–Kier alpha value is -2.35. The molecule has 0 saturated carbocycles. The number of nitriles is 1. The highest BCUT2D eigenvalue weighted by atomic mass is 16.1. The lowest BCUT2D eigenvalue weighted by Gasteiger charge is -2.05. The molecule has 0 amide bonds. The zero-order valence-electron chi connectivity index (χ0n) is 8.58. The molecule has 16 heavy (non-hydrogen) atoms. The predicted molar refractivity (Wildman–Crippen MR) is 57.6 cm³/mol. The van der Waals surface area contributed by atoms with E-state index in [0.717, 1.165) is 0 Å². The lowest BCUT2D eigenvalue weighted by atomic mass is 10.3. The molecule has 5 nitrogen and oxygen atoms in total. The van der Waals surface area contributed by atoms with Crippen LogP contribution in [0.25, 0.3) is 0 Å². The van der Waals surface area contributed by atoms with Gasteiger partial charge in [0.1, 0.15) is 11.6 Å². The van der Waals surface area contributed by atoms with Crippen molar-refractivity contribution in [2.75, 3.05) is 0 Å². The number of pyridine rings is 1. The van der Waals surface area contributed by atoms with Crippen molar-refractivity contribution in [3.05, 3.63) is 53.0 Å². The molecule has 2 heterocycles. The van der Waals surface area contributed by atoms with E-state index < -0.39 is 0 Å². The van der Waals surface area contributed by atoms with Crippen LogP contribution in [-0.4, -0.2) is 14.1 Å². The highest BCUT2D eigenvalue weighted by Gasteiger charge is 2.01. The van der Waals surface area contributed by atoms with Gasteiger partial charge >= 0.3 is 0 Å². The molecule has 0 aliphatic carbocycles. The molecule has 2 aromatic rings. The summed E-state index contributed by atoms with van der Waals surface area (Å²) in [4.78, 5) is 15.6. The van der Waals surface area contributed by atoms with Crippen molar-refractivity contribution < 1.29 is 0 Å². The first-order chi connectivity index (χ1) is 7.81. The summed E-state index contributed by atoms with van der Waals surface area (Å²) in [6.45, 7) is 1.19. The van der Waals surface area contributed by atoms with E-state index in [9.17, 15) is 4.79 Å². The van der Waals surface area contributed by atoms with Gasteiger partial charge in [0.25, 0.3) is 5.56 Å². The number of hydrogen-bond acceptors (Lipinski definition) is 3. The second-order valence-corrected chi connectivity index (χ2v) is 3.33. The van der Waals surface area contributed by atoms with Crippen molar-refractivity contribution in [2.24, 2.45) is 0 Å². The van der Waals surface area contributed by atoms with Crippen LogP contribution in [0.15, 0.2) is 41.8 Å². The zero-order chi connectivity index (χ0) is 11.4. The lowest BCUT2D eigenvalue weighted by molar-refractivity contribution is 0.564. The maximum Gasteiger partial charge on any atom is 0.268 e. The summed E-state index contributed by atoms with van der Waals surface area (Å²) in [5.41, 5.74) is -0.0711. The summed E-state index contributed by atoms with van der Waals surface area (Å²) in [5, 5.41) is 8.72. The molecule has 0 N–H and O–H groups in total. The van der Waals surface area contributed by atoms with Crippen LogP contribution in [0.5, 0.6) is 0 Å². The van der Waals surface area contributed by atoms with Gasteiger partial charge in [0.05, 0.1) is 6.33 Å². The van der Waals surface area contributed by atoms with Gasteiger partial charge in [-0.25, -0.2) is 4.98 Å². The van der Waals surface area contributed by atoms with Gasteiger partial charge in [0, 0.05) is 31.7 Å². The molecular weight excluding hydrogens is 204 g/mol. The number of aryl methyl sites for hydroxylation is 2. The molecule has 0 aliphatic rings. The van der Waals surface area contributed by atoms with Crippen molar-refractivity contribution >= 4 is 0 Å². The highest BCUT2D eigenvalue weighted by Crippen LogP contribution is 1.92. The molecule has 2 rings (SSSR count). The lowest BCUT2D eigenvalue weighted by Crippen LogP contribution is -2.23. The summed E-state index contributed by atoms with van der Waals surface area (Å²) in [7, 11) is 0. The van der Waals surface area contributed by atoms with Crippen LogP contribution < -0.4 is 5.56 Å². The number of imidazole rings is 1. The van der Waals surface area contributed by atoms with Crippen LogP contribution in [0.2, 0.25) is 0 Å². The third-order valence-electron chi connectivity index (χ3n) is 2.30. The van der Waals surface area contributed by atoms with Crippen LogP contribution in [0.3, 0.4) is 0 Å². The van der Waals surface area contributed by atoms with Gasteiger partial charge in [0.2, 0.25) is 0 Å². The maximum absolute atomic E-state index is 11.7. The first-order valence-corrected chi connectivity index (χ1v) is 4.86. The van der Waals surface area contributed by atoms with Crippen LogP contribution in [0.4, 0.5) is 0 Å². The van der Waals surface area contributed by atoms with E-state index in [4.69, 9.17) is 5.26 Å². The topological polar surface area (TPSA) is 63.6 Å². The first-order valence-electron chi connectivity index (χ1n) is 4.86. The minimum Gasteiger partial charge on any atom is -0.336 e. The fraction of sp³-hybridized carbons (Fsp3) is 0.182. The average molecular weight is 214 g/mol. The van der Waals surface area contributed by atoms with Crippen molar-refractivity contribution in [2.45, 2.75) is 13.1 Å². The number of aromatic nitrogens is 3. The van der Waals surface area contributed by atoms with Gasteiger partial charge in [-0.2, -0.15) is 5.26 Å². The second-order valence-electron chi connectivity index (χ2n) is 3.33. The molecule has 2 aromatic heterocycles. The normalized spacial score (nSPS) is 9.94. The van der Waals surface area contributed by atoms with Crippen LogP contribution in [-0.2, 0) is 13.1 Å². The van der Waals surface area contributed by atoms with Crippen molar-refractivity contribution in [3.63, 3.8) is 0 Å². The van der Waals surface area contributed by atoms with Gasteiger partial charge in [-0.3, -0.25) is 4.79 Å². The standard InChI is InChI=1S/C11H10N4O/c12-8-10-2-1-4-15(11(10)16)7-6-14-5-3-13-9-14/h1-5,9H,6-7H2. The van der Waals surface area contributed by atoms with E-state index in [2.05, 4.69) is 4.98 Å². The molecule has 0 spiro atoms. The van der Waals surface area contributed by atoms with E-state index >= 15 is 0 Å². The minimum atomic E-state index is -0.245. The third-order valence-corrected chi connectivity index (χ3v) is 2.30. The van der Waals surface area contributed by atoms with Crippen LogP contribution >= 0.6 is 0 Å².